The second-order valence-corrected chi connectivity index (χ2v) is 8.73. The number of hydrazone groups is 1. The quantitative estimate of drug-likeness (QED) is 0.374. The van der Waals surface area contributed by atoms with E-state index in [0.717, 1.165) is 38.8 Å². The Balaban J connectivity index is 1.60. The third-order valence-corrected chi connectivity index (χ3v) is 6.62. The average Bonchev–Trinajstić information content (AvgIpc) is 3.63. The summed E-state index contributed by atoms with van der Waals surface area (Å²) in [6, 6.07) is 21.7. The molecular formula is C26H24N4O2S. The zero-order valence-electron chi connectivity index (χ0n) is 18.5. The van der Waals surface area contributed by atoms with Gasteiger partial charge in [0.25, 0.3) is 0 Å². The topological polar surface area (TPSA) is 59.7 Å². The van der Waals surface area contributed by atoms with Crippen LogP contribution < -0.4 is 4.74 Å². The summed E-state index contributed by atoms with van der Waals surface area (Å²) in [5.74, 6) is 0.755. The number of hydrogen-bond donors (Lipinski definition) is 0. The van der Waals surface area contributed by atoms with E-state index in [1.165, 1.54) is 0 Å². The van der Waals surface area contributed by atoms with E-state index in [0.29, 0.717) is 12.8 Å². The van der Waals surface area contributed by atoms with Crippen LogP contribution in [0.3, 0.4) is 0 Å². The minimum Gasteiger partial charge on any atom is -0.497 e. The highest BCUT2D eigenvalue weighted by molar-refractivity contribution is 7.13. The molecule has 2 aromatic carbocycles. The largest absolute Gasteiger partial charge is 0.497 e. The van der Waals surface area contributed by atoms with E-state index in [2.05, 4.69) is 6.07 Å². The first-order chi connectivity index (χ1) is 16.2. The molecular weight excluding hydrogens is 432 g/mol. The van der Waals surface area contributed by atoms with Crippen LogP contribution >= 0.6 is 11.3 Å². The van der Waals surface area contributed by atoms with Gasteiger partial charge in [0.05, 0.1) is 29.4 Å². The second-order valence-electron chi connectivity index (χ2n) is 7.78. The summed E-state index contributed by atoms with van der Waals surface area (Å²) in [6.07, 6.45) is 3.03. The highest BCUT2D eigenvalue weighted by Crippen LogP contribution is 2.39. The molecule has 7 heteroatoms. The molecule has 0 saturated carbocycles. The summed E-state index contributed by atoms with van der Waals surface area (Å²) >= 11 is 1.64. The van der Waals surface area contributed by atoms with E-state index >= 15 is 0 Å². The molecule has 0 N–H and O–H groups in total. The number of thiophene rings is 1. The number of aromatic nitrogens is 2. The molecule has 0 aliphatic carbocycles. The van der Waals surface area contributed by atoms with Gasteiger partial charge in [-0.15, -0.1) is 11.3 Å². The molecule has 2 aromatic heterocycles. The van der Waals surface area contributed by atoms with Crippen molar-refractivity contribution < 1.29 is 9.53 Å². The van der Waals surface area contributed by atoms with E-state index in [1.807, 2.05) is 83.8 Å². The van der Waals surface area contributed by atoms with Crippen LogP contribution in [0.2, 0.25) is 0 Å². The zero-order chi connectivity index (χ0) is 22.8. The predicted molar refractivity (Wildman–Crippen MR) is 131 cm³/mol. The smallest absolute Gasteiger partial charge is 0.242 e. The maximum Gasteiger partial charge on any atom is 0.242 e. The van der Waals surface area contributed by atoms with Gasteiger partial charge in [-0.1, -0.05) is 43.3 Å². The van der Waals surface area contributed by atoms with Crippen molar-refractivity contribution in [1.29, 1.82) is 0 Å². The lowest BCUT2D eigenvalue weighted by Crippen LogP contribution is -2.26. The van der Waals surface area contributed by atoms with Crippen molar-refractivity contribution in [3.05, 3.63) is 89.4 Å². The Labute approximate surface area is 196 Å². The number of methoxy groups -OCH3 is 1. The molecule has 1 amide bonds. The molecule has 0 radical (unpaired) electrons. The van der Waals surface area contributed by atoms with Crippen molar-refractivity contribution in [1.82, 2.24) is 14.8 Å². The number of rotatable bonds is 6. The molecule has 0 bridgehead atoms. The fourth-order valence-corrected chi connectivity index (χ4v) is 4.80. The SMILES string of the molecule is CCC(=O)N1N=C(c2cccc(OC)c2)C[C@@H]1c1cn(-c2ccccc2)nc1-c1cccs1. The molecule has 0 fully saturated rings. The number of carbonyl (C=O) groups excluding carboxylic acids is 1. The number of amides is 1. The monoisotopic (exact) mass is 456 g/mol. The van der Waals surface area contributed by atoms with Crippen LogP contribution in [0.4, 0.5) is 0 Å². The minimum absolute atomic E-state index is 0.0116. The third-order valence-electron chi connectivity index (χ3n) is 5.75. The van der Waals surface area contributed by atoms with Crippen LogP contribution in [0.25, 0.3) is 16.3 Å². The van der Waals surface area contributed by atoms with Crippen LogP contribution in [0.1, 0.15) is 36.9 Å². The molecule has 1 aliphatic heterocycles. The minimum atomic E-state index is -0.229. The first-order valence-electron chi connectivity index (χ1n) is 10.9. The molecule has 5 rings (SSSR count). The summed E-state index contributed by atoms with van der Waals surface area (Å²) < 4.78 is 7.29. The summed E-state index contributed by atoms with van der Waals surface area (Å²) in [5.41, 5.74) is 4.67. The van der Waals surface area contributed by atoms with Gasteiger partial charge >= 0.3 is 0 Å². The van der Waals surface area contributed by atoms with Crippen molar-refractivity contribution in [2.75, 3.05) is 7.11 Å². The zero-order valence-corrected chi connectivity index (χ0v) is 19.3. The number of benzene rings is 2. The van der Waals surface area contributed by atoms with Crippen LogP contribution in [-0.4, -0.2) is 33.5 Å². The first kappa shape index (κ1) is 21.2. The number of nitrogens with zero attached hydrogens (tertiary/aromatic N) is 4. The Hall–Kier alpha value is -3.71. The van der Waals surface area contributed by atoms with Crippen molar-refractivity contribution >= 4 is 23.0 Å². The van der Waals surface area contributed by atoms with E-state index in [9.17, 15) is 4.79 Å². The Morgan fingerprint density at radius 1 is 1.12 bits per heavy atom. The van der Waals surface area contributed by atoms with Crippen molar-refractivity contribution in [3.8, 4) is 22.0 Å². The first-order valence-corrected chi connectivity index (χ1v) is 11.8. The predicted octanol–water partition coefficient (Wildman–Crippen LogP) is 5.70. The van der Waals surface area contributed by atoms with Gasteiger partial charge in [0, 0.05) is 30.2 Å². The summed E-state index contributed by atoms with van der Waals surface area (Å²) in [4.78, 5) is 14.0. The standard InChI is InChI=1S/C26H24N4O2S/c1-3-25(31)30-23(16-22(27-30)18-9-7-12-20(15-18)32-2)21-17-29(19-10-5-4-6-11-19)28-26(21)24-13-8-14-33-24/h4-15,17,23H,3,16H2,1-2H3/t23-/m1/s1. The Morgan fingerprint density at radius 3 is 2.70 bits per heavy atom. The maximum atomic E-state index is 12.9. The number of ether oxygens (including phenoxy) is 1. The van der Waals surface area contributed by atoms with Crippen LogP contribution in [0.5, 0.6) is 5.75 Å². The van der Waals surface area contributed by atoms with Gasteiger partial charge in [-0.2, -0.15) is 10.2 Å². The second kappa shape index (κ2) is 9.03. The average molecular weight is 457 g/mol. The lowest BCUT2D eigenvalue weighted by atomic mass is 9.98. The molecule has 166 valence electrons. The van der Waals surface area contributed by atoms with Gasteiger partial charge in [-0.3, -0.25) is 4.79 Å². The molecule has 33 heavy (non-hydrogen) atoms. The lowest BCUT2D eigenvalue weighted by molar-refractivity contribution is -0.132. The summed E-state index contributed by atoms with van der Waals surface area (Å²) in [5, 5.41) is 13.4. The fourth-order valence-electron chi connectivity index (χ4n) is 4.07. The number of hydrogen-bond acceptors (Lipinski definition) is 5. The van der Waals surface area contributed by atoms with Crippen molar-refractivity contribution in [2.24, 2.45) is 5.10 Å². The number of para-hydroxylation sites is 1. The molecule has 1 aliphatic rings. The van der Waals surface area contributed by atoms with Gasteiger partial charge < -0.3 is 4.74 Å². The Bertz CT molecular complexity index is 1300. The molecule has 0 spiro atoms. The maximum absolute atomic E-state index is 12.9. The molecule has 1 atom stereocenters. The Morgan fingerprint density at radius 2 is 1.97 bits per heavy atom. The highest BCUT2D eigenvalue weighted by Gasteiger charge is 2.35. The normalized spacial score (nSPS) is 15.5. The van der Waals surface area contributed by atoms with Gasteiger partial charge in [0.15, 0.2) is 0 Å². The van der Waals surface area contributed by atoms with Crippen LogP contribution in [0.15, 0.2) is 83.4 Å². The summed E-state index contributed by atoms with van der Waals surface area (Å²) in [7, 11) is 1.65. The third kappa shape index (κ3) is 4.07. The van der Waals surface area contributed by atoms with E-state index in [-0.39, 0.29) is 11.9 Å². The molecule has 0 unspecified atom stereocenters. The van der Waals surface area contributed by atoms with Gasteiger partial charge in [0.1, 0.15) is 11.4 Å². The van der Waals surface area contributed by atoms with Crippen molar-refractivity contribution in [3.63, 3.8) is 0 Å². The van der Waals surface area contributed by atoms with Crippen LogP contribution in [-0.2, 0) is 4.79 Å². The highest BCUT2D eigenvalue weighted by atomic mass is 32.1. The number of carbonyl (C=O) groups is 1. The summed E-state index contributed by atoms with van der Waals surface area (Å²) in [6.45, 7) is 1.87. The van der Waals surface area contributed by atoms with Gasteiger partial charge in [0.2, 0.25) is 5.91 Å². The van der Waals surface area contributed by atoms with Crippen molar-refractivity contribution in [2.45, 2.75) is 25.8 Å². The Kier molecular flexibility index (Phi) is 5.79. The van der Waals surface area contributed by atoms with E-state index in [1.54, 1.807) is 23.5 Å². The molecule has 3 heterocycles. The lowest BCUT2D eigenvalue weighted by Gasteiger charge is -2.21. The fraction of sp³-hybridized carbons (Fsp3) is 0.192. The van der Waals surface area contributed by atoms with Gasteiger partial charge in [-0.05, 0) is 35.7 Å². The van der Waals surface area contributed by atoms with E-state index < -0.39 is 0 Å². The molecule has 0 saturated heterocycles. The van der Waals surface area contributed by atoms with E-state index in [4.69, 9.17) is 14.9 Å². The van der Waals surface area contributed by atoms with Crippen LogP contribution in [0, 0.1) is 0 Å². The molecule has 6 nitrogen and oxygen atoms in total. The molecule has 4 aromatic rings. The van der Waals surface area contributed by atoms with Gasteiger partial charge in [-0.25, -0.2) is 9.69 Å².